The van der Waals surface area contributed by atoms with Crippen molar-refractivity contribution in [3.05, 3.63) is 76.2 Å². The van der Waals surface area contributed by atoms with Crippen molar-refractivity contribution in [3.63, 3.8) is 0 Å². The van der Waals surface area contributed by atoms with Crippen LogP contribution >= 0.6 is 0 Å². The van der Waals surface area contributed by atoms with E-state index < -0.39 is 17.2 Å². The monoisotopic (exact) mass is 351 g/mol. The van der Waals surface area contributed by atoms with Gasteiger partial charge in [-0.05, 0) is 36.8 Å². The van der Waals surface area contributed by atoms with Crippen LogP contribution in [0.15, 0.2) is 59.4 Å². The van der Waals surface area contributed by atoms with Crippen LogP contribution in [0.25, 0.3) is 5.69 Å². The molecule has 0 unspecified atom stereocenters. The van der Waals surface area contributed by atoms with E-state index in [0.717, 1.165) is 16.3 Å². The number of aromatic nitrogens is 2. The molecule has 0 bridgehead atoms. The molecule has 1 amide bonds. The summed E-state index contributed by atoms with van der Waals surface area (Å²) in [6.07, 6.45) is 0. The number of carbonyl (C=O) groups is 1. The average Bonchev–Trinajstić information content (AvgIpc) is 2.61. The highest BCUT2D eigenvalue weighted by Crippen LogP contribution is 2.19. The second-order valence-corrected chi connectivity index (χ2v) is 5.65. The van der Waals surface area contributed by atoms with Crippen LogP contribution < -0.4 is 15.6 Å². The Hall–Kier alpha value is -3.61. The van der Waals surface area contributed by atoms with Gasteiger partial charge >= 0.3 is 0 Å². The second-order valence-electron chi connectivity index (χ2n) is 5.65. The van der Waals surface area contributed by atoms with Crippen molar-refractivity contribution in [2.75, 3.05) is 12.4 Å². The summed E-state index contributed by atoms with van der Waals surface area (Å²) in [7, 11) is 1.52. The Morgan fingerprint density at radius 2 is 1.92 bits per heavy atom. The Bertz CT molecular complexity index is 1030. The number of methoxy groups -OCH3 is 1. The number of carbonyl (C=O) groups excluding carboxylic acids is 1. The van der Waals surface area contributed by atoms with Gasteiger partial charge in [0.15, 0.2) is 11.4 Å². The van der Waals surface area contributed by atoms with Gasteiger partial charge in [-0.15, -0.1) is 0 Å². The zero-order chi connectivity index (χ0) is 18.7. The minimum atomic E-state index is -0.642. The molecule has 0 fully saturated rings. The summed E-state index contributed by atoms with van der Waals surface area (Å²) >= 11 is 0. The van der Waals surface area contributed by atoms with Gasteiger partial charge in [0, 0.05) is 17.8 Å². The lowest BCUT2D eigenvalue weighted by atomic mass is 10.2. The van der Waals surface area contributed by atoms with E-state index in [4.69, 9.17) is 4.74 Å². The summed E-state index contributed by atoms with van der Waals surface area (Å²) in [5, 5.41) is 16.7. The fourth-order valence-electron chi connectivity index (χ4n) is 2.44. The molecule has 0 atom stereocenters. The van der Waals surface area contributed by atoms with Gasteiger partial charge in [-0.3, -0.25) is 9.59 Å². The Morgan fingerprint density at radius 3 is 2.65 bits per heavy atom. The lowest BCUT2D eigenvalue weighted by molar-refractivity contribution is 0.101. The molecule has 2 N–H and O–H groups in total. The standard InChI is InChI=1S/C19H17N3O4/c1-12-5-3-7-14(9-12)22-17(24)11-16(23)18(21-22)19(25)20-13-6-4-8-15(10-13)26-2/h3-11,23H,1-2H3,(H,20,25). The van der Waals surface area contributed by atoms with Crippen LogP contribution in [0.2, 0.25) is 0 Å². The number of aromatic hydroxyl groups is 1. The molecule has 1 aromatic heterocycles. The first-order valence-corrected chi connectivity index (χ1v) is 7.84. The van der Waals surface area contributed by atoms with Gasteiger partial charge in [0.2, 0.25) is 0 Å². The Kier molecular flexibility index (Phi) is 4.70. The molecule has 3 rings (SSSR count). The van der Waals surface area contributed by atoms with Gasteiger partial charge in [-0.25, -0.2) is 0 Å². The number of anilines is 1. The first-order valence-electron chi connectivity index (χ1n) is 7.84. The number of amides is 1. The van der Waals surface area contributed by atoms with Crippen LogP contribution in [-0.4, -0.2) is 27.9 Å². The fourth-order valence-corrected chi connectivity index (χ4v) is 2.44. The Morgan fingerprint density at radius 1 is 1.15 bits per heavy atom. The highest BCUT2D eigenvalue weighted by atomic mass is 16.5. The van der Waals surface area contributed by atoms with Gasteiger partial charge in [-0.1, -0.05) is 18.2 Å². The second kappa shape index (κ2) is 7.10. The molecule has 0 radical (unpaired) electrons. The molecular formula is C19H17N3O4. The summed E-state index contributed by atoms with van der Waals surface area (Å²) < 4.78 is 6.18. The summed E-state index contributed by atoms with van der Waals surface area (Å²) in [4.78, 5) is 24.7. The number of nitrogens with one attached hydrogen (secondary N) is 1. The normalized spacial score (nSPS) is 10.4. The predicted molar refractivity (Wildman–Crippen MR) is 97.2 cm³/mol. The van der Waals surface area contributed by atoms with Crippen molar-refractivity contribution in [3.8, 4) is 17.2 Å². The SMILES string of the molecule is COc1cccc(NC(=O)c2nn(-c3cccc(C)c3)c(=O)cc2O)c1. The molecule has 132 valence electrons. The average molecular weight is 351 g/mol. The van der Waals surface area contributed by atoms with Crippen molar-refractivity contribution in [2.24, 2.45) is 0 Å². The maximum absolute atomic E-state index is 12.5. The topological polar surface area (TPSA) is 93.5 Å². The Balaban J connectivity index is 1.98. The maximum atomic E-state index is 12.5. The van der Waals surface area contributed by atoms with Gasteiger partial charge in [0.05, 0.1) is 12.8 Å². The number of hydrogen-bond donors (Lipinski definition) is 2. The number of nitrogens with zero attached hydrogens (tertiary/aromatic N) is 2. The molecule has 3 aromatic rings. The molecule has 7 heteroatoms. The summed E-state index contributed by atoms with van der Waals surface area (Å²) in [6, 6.07) is 14.8. The first-order chi connectivity index (χ1) is 12.5. The lowest BCUT2D eigenvalue weighted by Crippen LogP contribution is -2.25. The van der Waals surface area contributed by atoms with Gasteiger partial charge in [0.1, 0.15) is 5.75 Å². The van der Waals surface area contributed by atoms with E-state index in [-0.39, 0.29) is 5.69 Å². The summed E-state index contributed by atoms with van der Waals surface area (Å²) in [5.74, 6) is -0.554. The predicted octanol–water partition coefficient (Wildman–Crippen LogP) is 2.51. The van der Waals surface area contributed by atoms with Crippen molar-refractivity contribution in [1.82, 2.24) is 9.78 Å². The van der Waals surface area contributed by atoms with Crippen LogP contribution in [-0.2, 0) is 0 Å². The smallest absolute Gasteiger partial charge is 0.279 e. The van der Waals surface area contributed by atoms with E-state index in [2.05, 4.69) is 10.4 Å². The highest BCUT2D eigenvalue weighted by molar-refractivity contribution is 6.04. The minimum absolute atomic E-state index is 0.256. The first kappa shape index (κ1) is 17.2. The van der Waals surface area contributed by atoms with Gasteiger partial charge in [-0.2, -0.15) is 9.78 Å². The lowest BCUT2D eigenvalue weighted by Gasteiger charge is -2.10. The van der Waals surface area contributed by atoms with Gasteiger partial charge < -0.3 is 15.2 Å². The third-order valence-electron chi connectivity index (χ3n) is 3.70. The van der Waals surface area contributed by atoms with Crippen molar-refractivity contribution >= 4 is 11.6 Å². The van der Waals surface area contributed by atoms with Crippen molar-refractivity contribution in [1.29, 1.82) is 0 Å². The number of ether oxygens (including phenoxy) is 1. The van der Waals surface area contributed by atoms with Crippen LogP contribution in [0.5, 0.6) is 11.5 Å². The maximum Gasteiger partial charge on any atom is 0.279 e. The summed E-state index contributed by atoms with van der Waals surface area (Å²) in [6.45, 7) is 1.88. The molecule has 7 nitrogen and oxygen atoms in total. The zero-order valence-corrected chi connectivity index (χ0v) is 14.3. The van der Waals surface area contributed by atoms with Gasteiger partial charge in [0.25, 0.3) is 11.5 Å². The highest BCUT2D eigenvalue weighted by Gasteiger charge is 2.17. The number of hydrogen-bond acceptors (Lipinski definition) is 5. The third kappa shape index (κ3) is 3.56. The van der Waals surface area contributed by atoms with E-state index in [1.165, 1.54) is 7.11 Å². The molecule has 0 saturated heterocycles. The number of benzene rings is 2. The molecule has 26 heavy (non-hydrogen) atoms. The number of aryl methyl sites for hydroxylation is 1. The molecule has 1 heterocycles. The quantitative estimate of drug-likeness (QED) is 0.753. The van der Waals surface area contributed by atoms with E-state index in [1.807, 2.05) is 13.0 Å². The zero-order valence-electron chi connectivity index (χ0n) is 14.3. The minimum Gasteiger partial charge on any atom is -0.505 e. The molecule has 0 aliphatic carbocycles. The van der Waals surface area contributed by atoms with E-state index in [0.29, 0.717) is 17.1 Å². The third-order valence-corrected chi connectivity index (χ3v) is 3.70. The van der Waals surface area contributed by atoms with Crippen molar-refractivity contribution < 1.29 is 14.6 Å². The molecule has 0 saturated carbocycles. The van der Waals surface area contributed by atoms with E-state index >= 15 is 0 Å². The number of rotatable bonds is 4. The van der Waals surface area contributed by atoms with Crippen LogP contribution in [0.4, 0.5) is 5.69 Å². The Labute approximate surface area is 149 Å². The van der Waals surface area contributed by atoms with Crippen molar-refractivity contribution in [2.45, 2.75) is 6.92 Å². The van der Waals surface area contributed by atoms with E-state index in [1.54, 1.807) is 42.5 Å². The largest absolute Gasteiger partial charge is 0.505 e. The molecule has 0 aliphatic heterocycles. The van der Waals surface area contributed by atoms with Crippen LogP contribution in [0, 0.1) is 6.92 Å². The molecule has 2 aromatic carbocycles. The van der Waals surface area contributed by atoms with E-state index in [9.17, 15) is 14.7 Å². The summed E-state index contributed by atoms with van der Waals surface area (Å²) in [5.41, 5.74) is 1.13. The molecule has 0 spiro atoms. The van der Waals surface area contributed by atoms with Crippen LogP contribution in [0.3, 0.4) is 0 Å². The fraction of sp³-hybridized carbons (Fsp3) is 0.105. The molecule has 0 aliphatic rings. The molecular weight excluding hydrogens is 334 g/mol. The van der Waals surface area contributed by atoms with Crippen LogP contribution in [0.1, 0.15) is 16.1 Å².